The zero-order chi connectivity index (χ0) is 8.49. The Bertz CT molecular complexity index is 100. The van der Waals surface area contributed by atoms with Gasteiger partial charge in [-0.3, -0.25) is 0 Å². The van der Waals surface area contributed by atoms with Crippen LogP contribution in [-0.2, 0) is 0 Å². The van der Waals surface area contributed by atoms with E-state index in [0.717, 1.165) is 0 Å². The zero-order valence-electron chi connectivity index (χ0n) is 8.02. The molecule has 0 aromatic carbocycles. The van der Waals surface area contributed by atoms with Crippen LogP contribution in [0.2, 0.25) is 0 Å². The van der Waals surface area contributed by atoms with E-state index in [-0.39, 0.29) is 0 Å². The minimum Gasteiger partial charge on any atom is -0.317 e. The van der Waals surface area contributed by atoms with Crippen LogP contribution < -0.4 is 5.32 Å². The fourth-order valence-electron chi connectivity index (χ4n) is 1.29. The lowest BCUT2D eigenvalue weighted by atomic mass is 10.1. The molecule has 0 radical (unpaired) electrons. The predicted molar refractivity (Wildman–Crippen MR) is 54.3 cm³/mol. The van der Waals surface area contributed by atoms with Gasteiger partial charge in [-0.1, -0.05) is 25.0 Å². The topological polar surface area (TPSA) is 12.0 Å². The average molecular weight is 167 g/mol. The summed E-state index contributed by atoms with van der Waals surface area (Å²) in [5.41, 5.74) is 0. The van der Waals surface area contributed by atoms with Crippen molar-refractivity contribution < 1.29 is 0 Å². The van der Waals surface area contributed by atoms with Crippen LogP contribution in [0, 0.1) is 0 Å². The molecule has 70 valence electrons. The monoisotopic (exact) mass is 167 g/mol. The van der Waals surface area contributed by atoms with Crippen LogP contribution in [-0.4, -0.2) is 13.1 Å². The van der Waals surface area contributed by atoms with Gasteiger partial charge in [-0.25, -0.2) is 0 Å². The van der Waals surface area contributed by atoms with Crippen molar-refractivity contribution in [3.05, 3.63) is 12.2 Å². The van der Waals surface area contributed by atoms with E-state index in [0.29, 0.717) is 0 Å². The zero-order valence-corrected chi connectivity index (χ0v) is 8.02. The summed E-state index contributed by atoms with van der Waals surface area (Å²) in [5, 5.41) is 3.11. The normalized spacial score (nSPS) is 22.7. The van der Waals surface area contributed by atoms with Gasteiger partial charge in [0.15, 0.2) is 0 Å². The third-order valence-electron chi connectivity index (χ3n) is 2.37. The smallest absolute Gasteiger partial charge is 0.00368 e. The van der Waals surface area contributed by atoms with Gasteiger partial charge >= 0.3 is 0 Å². The van der Waals surface area contributed by atoms with Gasteiger partial charge in [0.1, 0.15) is 0 Å². The third-order valence-corrected chi connectivity index (χ3v) is 2.37. The fourth-order valence-corrected chi connectivity index (χ4v) is 1.29. The molecule has 1 aliphatic carbocycles. The standard InChI is InChI=1S/C8H14.C3H7N/c1-2-4-6-8-7-5-3-1;1-2-4-3-1/h1-2H,3-8H2;4H,1-3H2. The van der Waals surface area contributed by atoms with Crippen molar-refractivity contribution in [2.24, 2.45) is 0 Å². The van der Waals surface area contributed by atoms with Crippen LogP contribution in [0.4, 0.5) is 0 Å². The maximum absolute atomic E-state index is 3.11. The van der Waals surface area contributed by atoms with Crippen molar-refractivity contribution in [2.45, 2.75) is 44.9 Å². The highest BCUT2D eigenvalue weighted by Crippen LogP contribution is 2.09. The number of nitrogens with one attached hydrogen (secondary N) is 1. The van der Waals surface area contributed by atoms with Crippen molar-refractivity contribution in [2.75, 3.05) is 13.1 Å². The van der Waals surface area contributed by atoms with E-state index in [1.165, 1.54) is 58.0 Å². The summed E-state index contributed by atoms with van der Waals surface area (Å²) >= 11 is 0. The molecule has 1 heterocycles. The first-order valence-corrected chi connectivity index (χ1v) is 5.36. The highest BCUT2D eigenvalue weighted by atomic mass is 14.9. The largest absolute Gasteiger partial charge is 0.317 e. The Labute approximate surface area is 76.2 Å². The molecule has 1 saturated heterocycles. The van der Waals surface area contributed by atoms with Gasteiger partial charge in [-0.15, -0.1) is 0 Å². The van der Waals surface area contributed by atoms with Crippen LogP contribution in [0.25, 0.3) is 0 Å². The minimum atomic E-state index is 1.25. The molecule has 12 heavy (non-hydrogen) atoms. The Morgan fingerprint density at radius 3 is 1.42 bits per heavy atom. The first-order chi connectivity index (χ1) is 6.00. The first-order valence-electron chi connectivity index (χ1n) is 5.36. The van der Waals surface area contributed by atoms with Gasteiger partial charge in [0.25, 0.3) is 0 Å². The Kier molecular flexibility index (Phi) is 6.00. The molecule has 1 nitrogen and oxygen atoms in total. The highest BCUT2D eigenvalue weighted by molar-refractivity contribution is 4.82. The van der Waals surface area contributed by atoms with E-state index in [1.54, 1.807) is 0 Å². The molecule has 1 aliphatic heterocycles. The maximum Gasteiger partial charge on any atom is -0.00368 e. The molecule has 1 N–H and O–H groups in total. The van der Waals surface area contributed by atoms with Gasteiger partial charge in [0, 0.05) is 0 Å². The molecule has 0 aromatic rings. The molecule has 1 heteroatoms. The van der Waals surface area contributed by atoms with Crippen molar-refractivity contribution in [3.63, 3.8) is 0 Å². The fraction of sp³-hybridized carbons (Fsp3) is 0.818. The lowest BCUT2D eigenvalue weighted by molar-refractivity contribution is 0.527. The summed E-state index contributed by atoms with van der Waals surface area (Å²) < 4.78 is 0. The average Bonchev–Trinajstić information content (AvgIpc) is 1.79. The summed E-state index contributed by atoms with van der Waals surface area (Å²) in [6, 6.07) is 0. The molecule has 0 atom stereocenters. The molecular weight excluding hydrogens is 146 g/mol. The summed E-state index contributed by atoms with van der Waals surface area (Å²) in [5.74, 6) is 0. The van der Waals surface area contributed by atoms with E-state index >= 15 is 0 Å². The molecule has 2 rings (SSSR count). The second-order valence-electron chi connectivity index (χ2n) is 3.57. The SMILES string of the molecule is C1=CCCCCCC1.C1CNC1. The van der Waals surface area contributed by atoms with E-state index in [4.69, 9.17) is 0 Å². The van der Waals surface area contributed by atoms with E-state index in [9.17, 15) is 0 Å². The van der Waals surface area contributed by atoms with Crippen LogP contribution >= 0.6 is 0 Å². The van der Waals surface area contributed by atoms with Gasteiger partial charge in [0.2, 0.25) is 0 Å². The van der Waals surface area contributed by atoms with Crippen LogP contribution in [0.5, 0.6) is 0 Å². The molecule has 0 bridgehead atoms. The van der Waals surface area contributed by atoms with E-state index in [1.807, 2.05) is 0 Å². The van der Waals surface area contributed by atoms with Gasteiger partial charge in [0.05, 0.1) is 0 Å². The summed E-state index contributed by atoms with van der Waals surface area (Å²) in [7, 11) is 0. The van der Waals surface area contributed by atoms with Gasteiger partial charge in [-0.2, -0.15) is 0 Å². The molecule has 0 amide bonds. The van der Waals surface area contributed by atoms with Crippen LogP contribution in [0.15, 0.2) is 12.2 Å². The van der Waals surface area contributed by atoms with Crippen molar-refractivity contribution in [1.29, 1.82) is 0 Å². The molecule has 0 aromatic heterocycles. The third kappa shape index (κ3) is 5.36. The lowest BCUT2D eigenvalue weighted by Crippen LogP contribution is -2.29. The van der Waals surface area contributed by atoms with Crippen LogP contribution in [0.3, 0.4) is 0 Å². The van der Waals surface area contributed by atoms with Crippen LogP contribution in [0.1, 0.15) is 44.9 Å². The van der Waals surface area contributed by atoms with E-state index < -0.39 is 0 Å². The molecule has 0 unspecified atom stereocenters. The van der Waals surface area contributed by atoms with Gasteiger partial charge in [-0.05, 0) is 45.2 Å². The Hall–Kier alpha value is -0.300. The number of allylic oxidation sites excluding steroid dienone is 2. The Morgan fingerprint density at radius 2 is 1.08 bits per heavy atom. The summed E-state index contributed by atoms with van der Waals surface area (Å²) in [6.45, 7) is 2.50. The Balaban J connectivity index is 0.000000150. The van der Waals surface area contributed by atoms with Crippen molar-refractivity contribution in [1.82, 2.24) is 5.32 Å². The van der Waals surface area contributed by atoms with E-state index in [2.05, 4.69) is 17.5 Å². The first kappa shape index (κ1) is 9.79. The second kappa shape index (κ2) is 7.35. The number of hydrogen-bond acceptors (Lipinski definition) is 1. The quantitative estimate of drug-likeness (QED) is 0.547. The number of rotatable bonds is 0. The summed E-state index contributed by atoms with van der Waals surface area (Å²) in [4.78, 5) is 0. The second-order valence-corrected chi connectivity index (χ2v) is 3.57. The predicted octanol–water partition coefficient (Wildman–Crippen LogP) is 2.88. The summed E-state index contributed by atoms with van der Waals surface area (Å²) in [6.07, 6.45) is 14.4. The maximum atomic E-state index is 3.11. The minimum absolute atomic E-state index is 1.25. The molecular formula is C11H21N. The molecule has 0 spiro atoms. The van der Waals surface area contributed by atoms with Crippen molar-refractivity contribution in [3.8, 4) is 0 Å². The number of hydrogen-bond donors (Lipinski definition) is 1. The lowest BCUT2D eigenvalue weighted by Gasteiger charge is -2.09. The molecule has 1 fully saturated rings. The molecule has 0 saturated carbocycles. The molecule has 2 aliphatic rings. The Morgan fingerprint density at radius 1 is 0.667 bits per heavy atom. The highest BCUT2D eigenvalue weighted by Gasteiger charge is 1.92. The van der Waals surface area contributed by atoms with Crippen molar-refractivity contribution >= 4 is 0 Å². The van der Waals surface area contributed by atoms with Gasteiger partial charge < -0.3 is 5.32 Å².